The van der Waals surface area contributed by atoms with Crippen LogP contribution in [0.2, 0.25) is 10.0 Å². The highest BCUT2D eigenvalue weighted by molar-refractivity contribution is 7.71. The third-order valence-electron chi connectivity index (χ3n) is 5.75. The number of nitrogens with zero attached hydrogens (tertiary/aromatic N) is 6. The Morgan fingerprint density at radius 1 is 0.548 bits per heavy atom. The second-order valence-electron chi connectivity index (χ2n) is 8.65. The highest BCUT2D eigenvalue weighted by Crippen LogP contribution is 2.21. The number of halogens is 2. The Morgan fingerprint density at radius 3 is 1.26 bits per heavy atom. The molecule has 0 radical (unpaired) electrons. The van der Waals surface area contributed by atoms with E-state index in [2.05, 4.69) is 30.6 Å². The van der Waals surface area contributed by atoms with Crippen molar-refractivity contribution in [1.82, 2.24) is 29.7 Å². The van der Waals surface area contributed by atoms with Crippen LogP contribution in [0.25, 0.3) is 22.8 Å². The van der Waals surface area contributed by atoms with Crippen LogP contribution >= 0.6 is 47.6 Å². The van der Waals surface area contributed by atoms with Crippen LogP contribution < -0.4 is 0 Å². The van der Waals surface area contributed by atoms with Gasteiger partial charge in [-0.15, -0.1) is 0 Å². The number of hydrogen-bond acceptors (Lipinski definition) is 6. The van der Waals surface area contributed by atoms with E-state index in [1.807, 2.05) is 84.9 Å². The predicted molar refractivity (Wildman–Crippen MR) is 175 cm³/mol. The number of benzene rings is 4. The van der Waals surface area contributed by atoms with Crippen molar-refractivity contribution in [2.75, 3.05) is 0 Å². The fourth-order valence-corrected chi connectivity index (χ4v) is 4.31. The summed E-state index contributed by atoms with van der Waals surface area (Å²) in [4.78, 5) is 0. The average molecular weight is 630 g/mol. The summed E-state index contributed by atoms with van der Waals surface area (Å²) >= 11 is 22.2. The van der Waals surface area contributed by atoms with E-state index in [9.17, 15) is 0 Å². The first kappa shape index (κ1) is 29.0. The number of hydrogen-bond donors (Lipinski definition) is 2. The Bertz CT molecular complexity index is 1780. The lowest BCUT2D eigenvalue weighted by Crippen LogP contribution is -1.94. The first-order valence-corrected chi connectivity index (χ1v) is 14.1. The van der Waals surface area contributed by atoms with E-state index in [1.54, 1.807) is 46.0 Å². The normalized spacial score (nSPS) is 11.1. The molecule has 0 bridgehead atoms. The molecule has 0 amide bonds. The van der Waals surface area contributed by atoms with Gasteiger partial charge in [-0.25, -0.2) is 10.2 Å². The van der Waals surface area contributed by atoms with Gasteiger partial charge in [0.2, 0.25) is 9.54 Å². The van der Waals surface area contributed by atoms with E-state index in [-0.39, 0.29) is 0 Å². The lowest BCUT2D eigenvalue weighted by molar-refractivity contribution is 0.871. The molecule has 0 fully saturated rings. The molecule has 0 aliphatic carbocycles. The minimum absolute atomic E-state index is 0.437. The van der Waals surface area contributed by atoms with Crippen molar-refractivity contribution in [3.63, 3.8) is 0 Å². The Balaban J connectivity index is 0.000000168. The van der Waals surface area contributed by atoms with Crippen molar-refractivity contribution >= 4 is 60.1 Å². The topological polar surface area (TPSA) is 91.9 Å². The largest absolute Gasteiger partial charge is 0.250 e. The van der Waals surface area contributed by atoms with E-state index in [4.69, 9.17) is 47.6 Å². The summed E-state index contributed by atoms with van der Waals surface area (Å²) in [6.07, 6.45) is 3.48. The molecule has 6 rings (SSSR count). The van der Waals surface area contributed by atoms with Crippen LogP contribution in [-0.4, -0.2) is 42.2 Å². The molecule has 0 spiro atoms. The molecular formula is C30H22Cl2N8S2. The molecule has 2 N–H and O–H groups in total. The van der Waals surface area contributed by atoms with Gasteiger partial charge >= 0.3 is 0 Å². The number of aromatic amines is 2. The molecule has 6 aromatic rings. The van der Waals surface area contributed by atoms with Gasteiger partial charge in [0.05, 0.1) is 12.4 Å². The Morgan fingerprint density at radius 2 is 0.905 bits per heavy atom. The third kappa shape index (κ3) is 7.42. The number of rotatable bonds is 6. The zero-order chi connectivity index (χ0) is 29.3. The molecule has 0 aliphatic rings. The maximum Gasteiger partial charge on any atom is 0.216 e. The zero-order valence-electron chi connectivity index (χ0n) is 21.8. The SMILES string of the molecule is S=c1[nH]nc(-c2ccc(Cl)cc2)n1N=Cc1ccccc1.S=c1[nH]nc(-c2ccc(Cl)cc2)n1N=Cc1ccccc1. The maximum atomic E-state index is 5.90. The summed E-state index contributed by atoms with van der Waals surface area (Å²) in [5, 5.41) is 24.1. The van der Waals surface area contributed by atoms with E-state index >= 15 is 0 Å². The van der Waals surface area contributed by atoms with Gasteiger partial charge in [-0.2, -0.15) is 29.8 Å². The lowest BCUT2D eigenvalue weighted by Gasteiger charge is -2.01. The van der Waals surface area contributed by atoms with E-state index < -0.39 is 0 Å². The highest BCUT2D eigenvalue weighted by Gasteiger charge is 2.09. The number of nitrogens with one attached hydrogen (secondary N) is 2. The molecule has 2 heterocycles. The molecule has 2 aromatic heterocycles. The first-order chi connectivity index (χ1) is 20.5. The number of aromatic nitrogens is 6. The summed E-state index contributed by atoms with van der Waals surface area (Å²) in [6.45, 7) is 0. The van der Waals surface area contributed by atoms with Gasteiger partial charge in [0, 0.05) is 21.2 Å². The van der Waals surface area contributed by atoms with E-state index in [0.29, 0.717) is 31.2 Å². The Kier molecular flexibility index (Phi) is 9.62. The van der Waals surface area contributed by atoms with Gasteiger partial charge < -0.3 is 0 Å². The maximum absolute atomic E-state index is 5.90. The molecule has 8 nitrogen and oxygen atoms in total. The minimum atomic E-state index is 0.437. The smallest absolute Gasteiger partial charge is 0.216 e. The van der Waals surface area contributed by atoms with Crippen LogP contribution in [-0.2, 0) is 0 Å². The van der Waals surface area contributed by atoms with Crippen molar-refractivity contribution in [3.05, 3.63) is 140 Å². The molecule has 0 unspecified atom stereocenters. The molecule has 0 saturated heterocycles. The number of H-pyrrole nitrogens is 2. The molecule has 0 saturated carbocycles. The van der Waals surface area contributed by atoms with Crippen molar-refractivity contribution < 1.29 is 0 Å². The summed E-state index contributed by atoms with van der Waals surface area (Å²) in [6, 6.07) is 34.3. The minimum Gasteiger partial charge on any atom is -0.250 e. The van der Waals surface area contributed by atoms with Crippen LogP contribution in [0.3, 0.4) is 0 Å². The molecule has 42 heavy (non-hydrogen) atoms. The van der Waals surface area contributed by atoms with Crippen LogP contribution in [0.1, 0.15) is 11.1 Å². The predicted octanol–water partition coefficient (Wildman–Crippen LogP) is 8.29. The third-order valence-corrected chi connectivity index (χ3v) is 6.78. The van der Waals surface area contributed by atoms with Crippen molar-refractivity contribution in [3.8, 4) is 22.8 Å². The summed E-state index contributed by atoms with van der Waals surface area (Å²) in [5.41, 5.74) is 3.75. The van der Waals surface area contributed by atoms with Gasteiger partial charge in [-0.3, -0.25) is 0 Å². The Hall–Kier alpha value is -4.48. The first-order valence-electron chi connectivity index (χ1n) is 12.5. The van der Waals surface area contributed by atoms with Gasteiger partial charge in [-0.05, 0) is 84.1 Å². The molecule has 0 aliphatic heterocycles. The zero-order valence-corrected chi connectivity index (χ0v) is 24.9. The lowest BCUT2D eigenvalue weighted by atomic mass is 10.2. The van der Waals surface area contributed by atoms with Crippen LogP contribution in [0, 0.1) is 9.54 Å². The monoisotopic (exact) mass is 628 g/mol. The fourth-order valence-electron chi connectivity index (χ4n) is 3.70. The van der Waals surface area contributed by atoms with Crippen LogP contribution in [0.5, 0.6) is 0 Å². The molecule has 0 atom stereocenters. The van der Waals surface area contributed by atoms with Crippen molar-refractivity contribution in [1.29, 1.82) is 0 Å². The molecule has 4 aromatic carbocycles. The fraction of sp³-hybridized carbons (Fsp3) is 0. The van der Waals surface area contributed by atoms with E-state index in [1.165, 1.54) is 0 Å². The van der Waals surface area contributed by atoms with Crippen LogP contribution in [0.4, 0.5) is 0 Å². The quantitative estimate of drug-likeness (QED) is 0.143. The van der Waals surface area contributed by atoms with Gasteiger partial charge in [0.1, 0.15) is 0 Å². The summed E-state index contributed by atoms with van der Waals surface area (Å²) in [5.74, 6) is 1.28. The summed E-state index contributed by atoms with van der Waals surface area (Å²) in [7, 11) is 0. The van der Waals surface area contributed by atoms with E-state index in [0.717, 1.165) is 22.3 Å². The molecule has 12 heteroatoms. The summed E-state index contributed by atoms with van der Waals surface area (Å²) < 4.78 is 4.05. The molecular weight excluding hydrogens is 607 g/mol. The second kappa shape index (κ2) is 13.9. The average Bonchev–Trinajstić information content (AvgIpc) is 3.58. The highest BCUT2D eigenvalue weighted by atomic mass is 35.5. The second-order valence-corrected chi connectivity index (χ2v) is 10.3. The van der Waals surface area contributed by atoms with Gasteiger partial charge in [-0.1, -0.05) is 83.9 Å². The Labute approximate surface area is 261 Å². The molecule has 208 valence electrons. The van der Waals surface area contributed by atoms with Crippen molar-refractivity contribution in [2.24, 2.45) is 10.2 Å². The van der Waals surface area contributed by atoms with Crippen molar-refractivity contribution in [2.45, 2.75) is 0 Å². The van der Waals surface area contributed by atoms with Gasteiger partial charge in [0.25, 0.3) is 0 Å². The van der Waals surface area contributed by atoms with Crippen LogP contribution in [0.15, 0.2) is 119 Å². The van der Waals surface area contributed by atoms with Gasteiger partial charge in [0.15, 0.2) is 11.6 Å². The standard InChI is InChI=1S/2C15H11ClN4S/c2*16-13-8-6-12(7-9-13)14-18-19-15(21)20(14)17-10-11-4-2-1-3-5-11/h2*1-10H,(H,19,21).